The van der Waals surface area contributed by atoms with Crippen LogP contribution in [0.2, 0.25) is 0 Å². The molecule has 0 aliphatic carbocycles. The maximum Gasteiger partial charge on any atom is 0.0651 e. The molecule has 0 fully saturated rings. The molecular formula is C7H17N3. The fourth-order valence-electron chi connectivity index (χ4n) is 1.29. The Kier molecular flexibility index (Phi) is 1.92. The van der Waals surface area contributed by atoms with E-state index in [1.54, 1.807) is 0 Å². The topological polar surface area (TPSA) is 14.8 Å². The normalized spacial score (nSPS) is 11.7. The average molecular weight is 143 g/mol. The Hall–Kier alpha value is -0.600. The van der Waals surface area contributed by atoms with Gasteiger partial charge in [0.2, 0.25) is 0 Å². The van der Waals surface area contributed by atoms with Crippen LogP contribution in [0.1, 0.15) is 33.2 Å². The largest absolute Gasteiger partial charge is 0.197 e. The Morgan fingerprint density at radius 1 is 1.30 bits per heavy atom. The number of hydrogen-bond donors (Lipinski definition) is 0. The molecule has 10 heavy (non-hydrogen) atoms. The van der Waals surface area contributed by atoms with Crippen molar-refractivity contribution in [2.75, 3.05) is 0 Å². The van der Waals surface area contributed by atoms with E-state index in [4.69, 9.17) is 0 Å². The molecule has 1 aromatic heterocycles. The van der Waals surface area contributed by atoms with Gasteiger partial charge in [-0.15, -0.1) is 0 Å². The van der Waals surface area contributed by atoms with E-state index in [9.17, 15) is 0 Å². The summed E-state index contributed by atoms with van der Waals surface area (Å²) in [6.07, 6.45) is 1.22. The molecule has 0 spiro atoms. The van der Waals surface area contributed by atoms with Gasteiger partial charge < -0.3 is 0 Å². The van der Waals surface area contributed by atoms with Crippen LogP contribution in [0.4, 0.5) is 0 Å². The van der Waals surface area contributed by atoms with E-state index >= 15 is 0 Å². The molecule has 1 rings (SSSR count). The van der Waals surface area contributed by atoms with E-state index in [-0.39, 0.29) is 0 Å². The molecular weight excluding hydrogens is 126 g/mol. The van der Waals surface area contributed by atoms with Crippen molar-refractivity contribution in [1.29, 1.82) is 0 Å². The molecule has 0 bridgehead atoms. The minimum atomic E-state index is 0.608. The van der Waals surface area contributed by atoms with Crippen molar-refractivity contribution in [2.24, 2.45) is 7.05 Å². The van der Waals surface area contributed by atoms with Crippen LogP contribution in [-0.2, 0) is 13.6 Å². The molecule has 3 heteroatoms. The van der Waals surface area contributed by atoms with E-state index in [1.807, 2.05) is 0 Å². The third kappa shape index (κ3) is 1.13. The van der Waals surface area contributed by atoms with Gasteiger partial charge in [-0.25, -0.2) is 0 Å². The molecule has 0 radical (unpaired) electrons. The van der Waals surface area contributed by atoms with Gasteiger partial charge in [0.1, 0.15) is 0 Å². The van der Waals surface area contributed by atoms with Gasteiger partial charge in [0.25, 0.3) is 0 Å². The lowest BCUT2D eigenvalue weighted by Gasteiger charge is -1.95. The Bertz CT molecular complexity index is 190. The van der Waals surface area contributed by atoms with Crippen molar-refractivity contribution in [2.45, 2.75) is 39.8 Å². The molecule has 0 aliphatic heterocycles. The minimum Gasteiger partial charge on any atom is -0.197 e. The monoisotopic (exact) mass is 143 g/mol. The standard InChI is InChI=1S/C7H17N3/c1-5-6-9-8(4)10(9)7(2)3/h7H,5-6H2,1-4H3. The SMILES string of the molecule is CCCn1n(C)n1C(C)C. The number of nitrogens with zero attached hydrogens (tertiary/aromatic N) is 3. The van der Waals surface area contributed by atoms with Crippen LogP contribution in [0.25, 0.3) is 0 Å². The highest BCUT2D eigenvalue weighted by atomic mass is 15.9. The third-order valence-corrected chi connectivity index (χ3v) is 1.72. The second-order valence-corrected chi connectivity index (χ2v) is 3.00. The predicted molar refractivity (Wildman–Crippen MR) is 42.1 cm³/mol. The highest BCUT2D eigenvalue weighted by molar-refractivity contribution is 4.57. The molecule has 0 amide bonds. The van der Waals surface area contributed by atoms with E-state index in [0.29, 0.717) is 6.04 Å². The Morgan fingerprint density at radius 3 is 2.20 bits per heavy atom. The Balaban J connectivity index is 2.52. The smallest absolute Gasteiger partial charge is 0.0651 e. The summed E-state index contributed by atoms with van der Waals surface area (Å²) < 4.78 is 0. The van der Waals surface area contributed by atoms with Crippen molar-refractivity contribution in [3.63, 3.8) is 0 Å². The number of rotatable bonds is 3. The van der Waals surface area contributed by atoms with E-state index in [2.05, 4.69) is 42.2 Å². The lowest BCUT2D eigenvalue weighted by Crippen LogP contribution is -1.97. The molecule has 0 saturated heterocycles. The van der Waals surface area contributed by atoms with Gasteiger partial charge >= 0.3 is 0 Å². The zero-order valence-corrected chi connectivity index (χ0v) is 7.33. The molecule has 1 aromatic rings. The number of hydrogen-bond acceptors (Lipinski definition) is 0. The first-order valence-corrected chi connectivity index (χ1v) is 3.98. The molecule has 0 saturated carbocycles. The lowest BCUT2D eigenvalue weighted by molar-refractivity contribution is 0.516. The van der Waals surface area contributed by atoms with Gasteiger partial charge in [0.05, 0.1) is 12.6 Å². The first-order chi connectivity index (χ1) is 4.68. The van der Waals surface area contributed by atoms with E-state index in [1.165, 1.54) is 6.42 Å². The highest BCUT2D eigenvalue weighted by Crippen LogP contribution is 2.08. The molecule has 0 aromatic carbocycles. The summed E-state index contributed by atoms with van der Waals surface area (Å²) in [5, 5.41) is 0. The molecule has 0 aliphatic rings. The fraction of sp³-hybridized carbons (Fsp3) is 1.00. The van der Waals surface area contributed by atoms with Crippen molar-refractivity contribution in [3.8, 4) is 0 Å². The van der Waals surface area contributed by atoms with Crippen molar-refractivity contribution in [3.05, 3.63) is 0 Å². The quantitative estimate of drug-likeness (QED) is 0.610. The van der Waals surface area contributed by atoms with Crippen LogP contribution in [0.3, 0.4) is 0 Å². The zero-order valence-electron chi connectivity index (χ0n) is 7.33. The highest BCUT2D eigenvalue weighted by Gasteiger charge is 2.13. The third-order valence-electron chi connectivity index (χ3n) is 1.72. The number of aromatic nitrogens is 3. The molecule has 0 N–H and O–H groups in total. The van der Waals surface area contributed by atoms with Crippen LogP contribution >= 0.6 is 0 Å². The van der Waals surface area contributed by atoms with Crippen LogP contribution in [0, 0.1) is 0 Å². The lowest BCUT2D eigenvalue weighted by atomic mass is 10.4. The molecule has 1 heterocycles. The van der Waals surface area contributed by atoms with Crippen LogP contribution in [0.5, 0.6) is 0 Å². The molecule has 60 valence electrons. The van der Waals surface area contributed by atoms with Crippen molar-refractivity contribution < 1.29 is 0 Å². The zero-order chi connectivity index (χ0) is 7.72. The Morgan fingerprint density at radius 2 is 1.90 bits per heavy atom. The predicted octanol–water partition coefficient (Wildman–Crippen LogP) is 1.62. The first kappa shape index (κ1) is 7.51. The molecule has 3 nitrogen and oxygen atoms in total. The van der Waals surface area contributed by atoms with Crippen LogP contribution in [0.15, 0.2) is 0 Å². The van der Waals surface area contributed by atoms with Crippen molar-refractivity contribution >= 4 is 0 Å². The van der Waals surface area contributed by atoms with Gasteiger partial charge in [-0.1, -0.05) is 6.92 Å². The van der Waals surface area contributed by atoms with Gasteiger partial charge in [0.15, 0.2) is 0 Å². The van der Waals surface area contributed by atoms with Gasteiger partial charge in [-0.3, -0.25) is 0 Å². The van der Waals surface area contributed by atoms with Crippen molar-refractivity contribution in [1.82, 2.24) is 14.4 Å². The van der Waals surface area contributed by atoms with Crippen LogP contribution < -0.4 is 0 Å². The Labute approximate surface area is 62.1 Å². The fourth-order valence-corrected chi connectivity index (χ4v) is 1.29. The van der Waals surface area contributed by atoms with Gasteiger partial charge in [-0.05, 0) is 20.3 Å². The second-order valence-electron chi connectivity index (χ2n) is 3.00. The maximum absolute atomic E-state index is 2.25. The summed E-state index contributed by atoms with van der Waals surface area (Å²) in [6, 6.07) is 0.608. The van der Waals surface area contributed by atoms with E-state index in [0.717, 1.165) is 6.54 Å². The van der Waals surface area contributed by atoms with E-state index < -0.39 is 0 Å². The van der Waals surface area contributed by atoms with Crippen LogP contribution in [-0.4, -0.2) is 14.4 Å². The first-order valence-electron chi connectivity index (χ1n) is 3.98. The molecule has 0 atom stereocenters. The minimum absolute atomic E-state index is 0.608. The second kappa shape index (κ2) is 2.56. The summed E-state index contributed by atoms with van der Waals surface area (Å²) >= 11 is 0. The summed E-state index contributed by atoms with van der Waals surface area (Å²) in [5.74, 6) is 0. The maximum atomic E-state index is 2.25. The van der Waals surface area contributed by atoms with Gasteiger partial charge in [0, 0.05) is 7.05 Å². The van der Waals surface area contributed by atoms with Gasteiger partial charge in [-0.2, -0.15) is 14.4 Å². The summed E-state index contributed by atoms with van der Waals surface area (Å²) in [5.41, 5.74) is 0. The molecule has 0 unspecified atom stereocenters. The average Bonchev–Trinajstić information content (AvgIpc) is 2.43. The summed E-state index contributed by atoms with van der Waals surface area (Å²) in [7, 11) is 2.09. The summed E-state index contributed by atoms with van der Waals surface area (Å²) in [6.45, 7) is 7.75. The summed E-state index contributed by atoms with van der Waals surface area (Å²) in [4.78, 5) is 6.67.